The molecule has 0 bridgehead atoms. The fourth-order valence-electron chi connectivity index (χ4n) is 2.53. The highest BCUT2D eigenvalue weighted by Gasteiger charge is 2.14. The van der Waals surface area contributed by atoms with E-state index < -0.39 is 0 Å². The molecule has 0 aliphatic carbocycles. The molecule has 1 heterocycles. The van der Waals surface area contributed by atoms with E-state index in [0.717, 1.165) is 23.2 Å². The summed E-state index contributed by atoms with van der Waals surface area (Å²) >= 11 is 1.54. The second kappa shape index (κ2) is 7.90. The summed E-state index contributed by atoms with van der Waals surface area (Å²) in [6.45, 7) is 3.92. The van der Waals surface area contributed by atoms with Gasteiger partial charge in [-0.15, -0.1) is 11.3 Å². The van der Waals surface area contributed by atoms with E-state index in [2.05, 4.69) is 17.2 Å². The minimum atomic E-state index is -0.125. The van der Waals surface area contributed by atoms with Crippen LogP contribution in [0.1, 0.15) is 24.3 Å². The second-order valence-corrected chi connectivity index (χ2v) is 6.79. The van der Waals surface area contributed by atoms with Gasteiger partial charge in [0.1, 0.15) is 0 Å². The van der Waals surface area contributed by atoms with Crippen LogP contribution in [0.2, 0.25) is 0 Å². The molecular weight excluding hydrogens is 328 g/mol. The van der Waals surface area contributed by atoms with E-state index >= 15 is 0 Å². The van der Waals surface area contributed by atoms with E-state index in [1.165, 1.54) is 16.2 Å². The molecule has 1 amide bonds. The number of nitrogens with zero attached hydrogens (tertiary/aromatic N) is 1. The van der Waals surface area contributed by atoms with E-state index in [0.29, 0.717) is 10.7 Å². The van der Waals surface area contributed by atoms with Crippen LogP contribution in [0.25, 0.3) is 17.3 Å². The lowest BCUT2D eigenvalue weighted by atomic mass is 10.1. The first-order valence-electron chi connectivity index (χ1n) is 8.27. The second-order valence-electron chi connectivity index (χ2n) is 5.70. The molecule has 0 saturated heterocycles. The molecule has 1 N–H and O–H groups in total. The number of anilines is 1. The summed E-state index contributed by atoms with van der Waals surface area (Å²) < 4.78 is 0. The van der Waals surface area contributed by atoms with Crippen molar-refractivity contribution in [1.82, 2.24) is 4.98 Å². The topological polar surface area (TPSA) is 42.0 Å². The summed E-state index contributed by atoms with van der Waals surface area (Å²) in [5.74, 6) is -0.125. The number of benzene rings is 2. The predicted molar refractivity (Wildman–Crippen MR) is 106 cm³/mol. The predicted octanol–water partition coefficient (Wildman–Crippen LogP) is 5.41. The van der Waals surface area contributed by atoms with E-state index in [1.807, 2.05) is 73.7 Å². The Morgan fingerprint density at radius 2 is 1.72 bits per heavy atom. The molecular formula is C21H20N2OS. The standard InChI is InChI=1S/C21H20N2OS/c1-3-18-19(17-12-8-5-9-13-17)22-21(25-18)23-20(24)15(2)14-16-10-6-4-7-11-16/h4-14H,3H2,1-2H3,(H,22,23,24). The number of aromatic nitrogens is 1. The maximum atomic E-state index is 12.4. The van der Waals surface area contributed by atoms with Crippen molar-refractivity contribution >= 4 is 28.5 Å². The number of carbonyl (C=O) groups is 1. The third-order valence-corrected chi connectivity index (χ3v) is 4.94. The zero-order valence-electron chi connectivity index (χ0n) is 14.3. The summed E-state index contributed by atoms with van der Waals surface area (Å²) in [5.41, 5.74) is 3.69. The van der Waals surface area contributed by atoms with Crippen LogP contribution in [0.3, 0.4) is 0 Å². The first-order valence-corrected chi connectivity index (χ1v) is 9.09. The number of rotatable bonds is 5. The number of hydrogen-bond donors (Lipinski definition) is 1. The van der Waals surface area contributed by atoms with Gasteiger partial charge in [0.2, 0.25) is 0 Å². The Hall–Kier alpha value is -2.72. The van der Waals surface area contributed by atoms with E-state index in [1.54, 1.807) is 0 Å². The minimum absolute atomic E-state index is 0.125. The van der Waals surface area contributed by atoms with Gasteiger partial charge in [-0.1, -0.05) is 67.6 Å². The summed E-state index contributed by atoms with van der Waals surface area (Å²) in [4.78, 5) is 18.3. The summed E-state index contributed by atoms with van der Waals surface area (Å²) in [5, 5.41) is 3.57. The third kappa shape index (κ3) is 4.22. The van der Waals surface area contributed by atoms with Crippen LogP contribution in [0.5, 0.6) is 0 Å². The van der Waals surface area contributed by atoms with Gasteiger partial charge in [-0.05, 0) is 25.0 Å². The van der Waals surface area contributed by atoms with Crippen LogP contribution in [-0.2, 0) is 11.2 Å². The molecule has 0 saturated carbocycles. The van der Waals surface area contributed by atoms with Gasteiger partial charge in [0.05, 0.1) is 5.69 Å². The highest BCUT2D eigenvalue weighted by atomic mass is 32.1. The van der Waals surface area contributed by atoms with Crippen LogP contribution in [0, 0.1) is 0 Å². The van der Waals surface area contributed by atoms with Crippen LogP contribution in [0.15, 0.2) is 66.2 Å². The third-order valence-electron chi connectivity index (χ3n) is 3.83. The summed E-state index contributed by atoms with van der Waals surface area (Å²) in [7, 11) is 0. The first-order chi connectivity index (χ1) is 12.2. The van der Waals surface area contributed by atoms with Crippen molar-refractivity contribution in [2.45, 2.75) is 20.3 Å². The minimum Gasteiger partial charge on any atom is -0.298 e. The molecule has 0 radical (unpaired) electrons. The molecule has 3 aromatic rings. The van der Waals surface area contributed by atoms with Crippen LogP contribution in [0.4, 0.5) is 5.13 Å². The fourth-order valence-corrected chi connectivity index (χ4v) is 3.45. The summed E-state index contributed by atoms with van der Waals surface area (Å²) in [6.07, 6.45) is 2.76. The van der Waals surface area contributed by atoms with Gasteiger partial charge in [0.25, 0.3) is 5.91 Å². The first kappa shape index (κ1) is 17.1. The molecule has 0 atom stereocenters. The highest BCUT2D eigenvalue weighted by Crippen LogP contribution is 2.31. The van der Waals surface area contributed by atoms with Crippen molar-refractivity contribution in [2.75, 3.05) is 5.32 Å². The van der Waals surface area contributed by atoms with Crippen LogP contribution >= 0.6 is 11.3 Å². The molecule has 0 fully saturated rings. The molecule has 2 aromatic carbocycles. The monoisotopic (exact) mass is 348 g/mol. The lowest BCUT2D eigenvalue weighted by Crippen LogP contribution is -2.12. The number of hydrogen-bond acceptors (Lipinski definition) is 3. The smallest absolute Gasteiger partial charge is 0.253 e. The molecule has 3 nitrogen and oxygen atoms in total. The van der Waals surface area contributed by atoms with Crippen molar-refractivity contribution in [3.63, 3.8) is 0 Å². The molecule has 0 spiro atoms. The van der Waals surface area contributed by atoms with E-state index in [4.69, 9.17) is 0 Å². The average molecular weight is 348 g/mol. The van der Waals surface area contributed by atoms with Gasteiger partial charge >= 0.3 is 0 Å². The lowest BCUT2D eigenvalue weighted by Gasteiger charge is -2.02. The quantitative estimate of drug-likeness (QED) is 0.626. The number of aryl methyl sites for hydroxylation is 1. The van der Waals surface area contributed by atoms with Crippen molar-refractivity contribution < 1.29 is 4.79 Å². The Kier molecular flexibility index (Phi) is 5.41. The molecule has 3 rings (SSSR count). The number of amides is 1. The zero-order valence-corrected chi connectivity index (χ0v) is 15.1. The maximum Gasteiger partial charge on any atom is 0.253 e. The van der Waals surface area contributed by atoms with E-state index in [9.17, 15) is 4.79 Å². The Labute approximate surface area is 152 Å². The van der Waals surface area contributed by atoms with Gasteiger partial charge in [-0.25, -0.2) is 4.98 Å². The zero-order chi connectivity index (χ0) is 17.6. The maximum absolute atomic E-state index is 12.4. The number of nitrogens with one attached hydrogen (secondary N) is 1. The molecule has 0 aliphatic heterocycles. The molecule has 4 heteroatoms. The molecule has 1 aromatic heterocycles. The molecule has 126 valence electrons. The lowest BCUT2D eigenvalue weighted by molar-refractivity contribution is -0.112. The van der Waals surface area contributed by atoms with Gasteiger partial charge < -0.3 is 0 Å². The Bertz CT molecular complexity index is 883. The Morgan fingerprint density at radius 3 is 2.36 bits per heavy atom. The molecule has 0 aliphatic rings. The Morgan fingerprint density at radius 1 is 1.08 bits per heavy atom. The van der Waals surface area contributed by atoms with Crippen molar-refractivity contribution in [1.29, 1.82) is 0 Å². The van der Waals surface area contributed by atoms with Crippen LogP contribution < -0.4 is 5.32 Å². The average Bonchev–Trinajstić information content (AvgIpc) is 3.06. The van der Waals surface area contributed by atoms with Gasteiger partial charge in [0, 0.05) is 16.0 Å². The highest BCUT2D eigenvalue weighted by molar-refractivity contribution is 7.16. The molecule has 25 heavy (non-hydrogen) atoms. The van der Waals surface area contributed by atoms with Crippen molar-refractivity contribution in [2.24, 2.45) is 0 Å². The fraction of sp³-hybridized carbons (Fsp3) is 0.143. The Balaban J connectivity index is 1.80. The largest absolute Gasteiger partial charge is 0.298 e. The van der Waals surface area contributed by atoms with Crippen molar-refractivity contribution in [3.8, 4) is 11.3 Å². The normalized spacial score (nSPS) is 11.4. The van der Waals surface area contributed by atoms with Crippen LogP contribution in [-0.4, -0.2) is 10.9 Å². The van der Waals surface area contributed by atoms with Crippen molar-refractivity contribution in [3.05, 3.63) is 76.7 Å². The SMILES string of the molecule is CCc1sc(NC(=O)C(C)=Cc2ccccc2)nc1-c1ccccc1. The molecule has 0 unspecified atom stereocenters. The van der Waals surface area contributed by atoms with Gasteiger partial charge in [-0.3, -0.25) is 10.1 Å². The number of carbonyl (C=O) groups excluding carboxylic acids is 1. The summed E-state index contributed by atoms with van der Waals surface area (Å²) in [6, 6.07) is 19.9. The van der Waals surface area contributed by atoms with Gasteiger partial charge in [0.15, 0.2) is 5.13 Å². The number of thiazole rings is 1. The van der Waals surface area contributed by atoms with Gasteiger partial charge in [-0.2, -0.15) is 0 Å². The van der Waals surface area contributed by atoms with E-state index in [-0.39, 0.29) is 5.91 Å².